The van der Waals surface area contributed by atoms with Crippen molar-refractivity contribution in [2.45, 2.75) is 24.3 Å². The first-order valence-corrected chi connectivity index (χ1v) is 19.0. The van der Waals surface area contributed by atoms with E-state index in [0.717, 1.165) is 42.9 Å². The minimum absolute atomic E-state index is 0.960. The van der Waals surface area contributed by atoms with E-state index in [4.69, 9.17) is 24.4 Å². The first-order valence-electron chi connectivity index (χ1n) is 12.6. The van der Waals surface area contributed by atoms with Gasteiger partial charge in [0.15, 0.2) is 0 Å². The van der Waals surface area contributed by atoms with Crippen LogP contribution in [0, 0.1) is 0 Å². The highest BCUT2D eigenvalue weighted by atomic mass is 32.4. The van der Waals surface area contributed by atoms with Crippen LogP contribution in [-0.4, -0.2) is 18.6 Å². The van der Waals surface area contributed by atoms with E-state index < -0.39 is 0 Å². The molecule has 208 valence electrons. The largest absolute Gasteiger partial charge is 0.107 e. The third-order valence-electron chi connectivity index (χ3n) is 5.31. The zero-order chi connectivity index (χ0) is 28.7. The molecule has 0 aliphatic rings. The molecule has 0 nitrogen and oxygen atoms in total. The summed E-state index contributed by atoms with van der Waals surface area (Å²) in [7, 11) is 2.56. The third-order valence-corrected chi connectivity index (χ3v) is 10.8. The van der Waals surface area contributed by atoms with Crippen molar-refractivity contribution < 1.29 is 0 Å². The molecule has 0 bridgehead atoms. The van der Waals surface area contributed by atoms with E-state index in [9.17, 15) is 0 Å². The number of aryl methyl sites for hydroxylation is 2. The molecule has 0 aliphatic heterocycles. The van der Waals surface area contributed by atoms with Crippen LogP contribution >= 0.6 is 79.5 Å². The topological polar surface area (TPSA) is 0 Å². The van der Waals surface area contributed by atoms with Crippen LogP contribution in [0.5, 0.6) is 0 Å². The molecule has 0 amide bonds. The van der Waals surface area contributed by atoms with Gasteiger partial charge >= 0.3 is 0 Å². The van der Waals surface area contributed by atoms with Crippen molar-refractivity contribution in [3.63, 3.8) is 0 Å². The van der Waals surface area contributed by atoms with Gasteiger partial charge in [-0.2, -0.15) is 0 Å². The Kier molecular flexibility index (Phi) is 20.7. The number of hydrogen-bond acceptors (Lipinski definition) is 7. The van der Waals surface area contributed by atoms with Gasteiger partial charge in [-0.1, -0.05) is 158 Å². The van der Waals surface area contributed by atoms with Gasteiger partial charge in [-0.3, -0.25) is 0 Å². The lowest BCUT2D eigenvalue weighted by molar-refractivity contribution is 1.16. The number of benzene rings is 4. The van der Waals surface area contributed by atoms with Crippen LogP contribution in [0.25, 0.3) is 0 Å². The number of thiocarbonyl (C=S) groups is 2. The van der Waals surface area contributed by atoms with E-state index in [1.807, 2.05) is 12.1 Å². The highest BCUT2D eigenvalue weighted by Gasteiger charge is 2.02. The SMILES string of the molecule is P=S.S=C(SCCc1ccccc1)SCCc1ccccc1.S=C(SCc1ccccc1)SCc1ccccc1. The molecule has 0 aromatic heterocycles. The molecule has 0 saturated carbocycles. The fraction of sp³-hybridized carbons (Fsp3) is 0.188. The molecule has 8 heteroatoms. The Morgan fingerprint density at radius 1 is 0.425 bits per heavy atom. The Morgan fingerprint density at radius 2 is 0.700 bits per heavy atom. The van der Waals surface area contributed by atoms with Crippen LogP contribution in [0.1, 0.15) is 22.3 Å². The summed E-state index contributed by atoms with van der Waals surface area (Å²) in [4.78, 5) is 0. The van der Waals surface area contributed by atoms with Gasteiger partial charge in [-0.05, 0) is 43.1 Å². The standard InChI is InChI=1S/C17H18S3.C15H14S3.HPS/c18-17(19-13-11-15-7-3-1-4-8-15)20-14-12-16-9-5-2-6-10-16;16-15(17-11-13-7-3-1-4-8-13)18-12-14-9-5-2-6-10-14;1-2/h1-10H,11-14H2;1-10H,11-12H2;1H. The molecule has 0 spiro atoms. The zero-order valence-electron chi connectivity index (χ0n) is 22.1. The highest BCUT2D eigenvalue weighted by Crippen LogP contribution is 2.24. The Labute approximate surface area is 275 Å². The van der Waals surface area contributed by atoms with Crippen molar-refractivity contribution in [2.24, 2.45) is 0 Å². The zero-order valence-corrected chi connectivity index (χ0v) is 28.9. The molecule has 0 unspecified atom stereocenters. The summed E-state index contributed by atoms with van der Waals surface area (Å²) < 4.78 is 2.08. The van der Waals surface area contributed by atoms with Gasteiger partial charge in [0.2, 0.25) is 0 Å². The van der Waals surface area contributed by atoms with E-state index in [-0.39, 0.29) is 0 Å². The van der Waals surface area contributed by atoms with E-state index in [1.54, 1.807) is 47.0 Å². The second-order valence-corrected chi connectivity index (χ2v) is 14.8. The normalized spacial score (nSPS) is 9.90. The molecule has 0 atom stereocenters. The van der Waals surface area contributed by atoms with Crippen molar-refractivity contribution in [3.8, 4) is 0 Å². The fourth-order valence-electron chi connectivity index (χ4n) is 3.31. The first kappa shape index (κ1) is 35.2. The maximum absolute atomic E-state index is 5.41. The average molecular weight is 673 g/mol. The van der Waals surface area contributed by atoms with Crippen LogP contribution in [-0.2, 0) is 36.2 Å². The first-order chi connectivity index (χ1) is 19.7. The smallest absolute Gasteiger partial charge is 0.104 e. The van der Waals surface area contributed by atoms with Crippen molar-refractivity contribution in [3.05, 3.63) is 144 Å². The van der Waals surface area contributed by atoms with Crippen LogP contribution < -0.4 is 0 Å². The quantitative estimate of drug-likeness (QED) is 0.120. The Morgan fingerprint density at radius 3 is 1.02 bits per heavy atom. The summed E-state index contributed by atoms with van der Waals surface area (Å²) in [6.07, 6.45) is 2.18. The lowest BCUT2D eigenvalue weighted by Crippen LogP contribution is -1.94. The van der Waals surface area contributed by atoms with Crippen molar-refractivity contribution in [2.75, 3.05) is 11.5 Å². The summed E-state index contributed by atoms with van der Waals surface area (Å²) in [6.45, 7) is 0. The highest BCUT2D eigenvalue weighted by molar-refractivity contribution is 8.47. The summed E-state index contributed by atoms with van der Waals surface area (Å²) in [6, 6.07) is 42.0. The predicted molar refractivity (Wildman–Crippen MR) is 202 cm³/mol. The second-order valence-electron chi connectivity index (χ2n) is 8.22. The molecule has 40 heavy (non-hydrogen) atoms. The van der Waals surface area contributed by atoms with Crippen molar-refractivity contribution >= 4 is 98.4 Å². The lowest BCUT2D eigenvalue weighted by atomic mass is 10.2. The van der Waals surface area contributed by atoms with Gasteiger partial charge < -0.3 is 0 Å². The van der Waals surface area contributed by atoms with Gasteiger partial charge in [-0.25, -0.2) is 0 Å². The maximum atomic E-state index is 5.41. The fourth-order valence-corrected chi connectivity index (χ4v) is 7.65. The summed E-state index contributed by atoms with van der Waals surface area (Å²) in [5.41, 5.74) is 5.42. The molecule has 4 rings (SSSR count). The summed E-state index contributed by atoms with van der Waals surface area (Å²) in [5, 5.41) is 0. The van der Waals surface area contributed by atoms with Gasteiger partial charge in [0, 0.05) is 23.0 Å². The second kappa shape index (κ2) is 23.5. The van der Waals surface area contributed by atoms with Gasteiger partial charge in [-0.15, -0.1) is 47.0 Å². The van der Waals surface area contributed by atoms with Crippen LogP contribution in [0.3, 0.4) is 0 Å². The molecule has 0 saturated heterocycles. The van der Waals surface area contributed by atoms with E-state index in [1.165, 1.54) is 22.3 Å². The predicted octanol–water partition coefficient (Wildman–Crippen LogP) is 11.0. The molecular formula is C32H33PS7. The Balaban J connectivity index is 0.000000265. The van der Waals surface area contributed by atoms with Crippen LogP contribution in [0.4, 0.5) is 0 Å². The van der Waals surface area contributed by atoms with Crippen LogP contribution in [0.15, 0.2) is 121 Å². The molecular weight excluding hydrogens is 640 g/mol. The monoisotopic (exact) mass is 672 g/mol. The third kappa shape index (κ3) is 17.1. The Hall–Kier alpha value is -1.02. The molecule has 0 aliphatic carbocycles. The minimum atomic E-state index is 0.960. The van der Waals surface area contributed by atoms with Crippen molar-refractivity contribution in [1.29, 1.82) is 0 Å². The van der Waals surface area contributed by atoms with E-state index >= 15 is 0 Å². The Bertz CT molecular complexity index is 1110. The van der Waals surface area contributed by atoms with Crippen molar-refractivity contribution in [1.82, 2.24) is 0 Å². The van der Waals surface area contributed by atoms with Gasteiger partial charge in [0.05, 0.1) is 0 Å². The number of rotatable bonds is 10. The molecule has 4 aromatic carbocycles. The lowest BCUT2D eigenvalue weighted by Gasteiger charge is -2.04. The summed E-state index contributed by atoms with van der Waals surface area (Å²) in [5.74, 6) is 4.06. The molecule has 0 heterocycles. The molecule has 0 radical (unpaired) electrons. The number of hydrogen-bond donors (Lipinski definition) is 0. The molecule has 4 aromatic rings. The van der Waals surface area contributed by atoms with Crippen LogP contribution in [0.2, 0.25) is 0 Å². The van der Waals surface area contributed by atoms with E-state index in [0.29, 0.717) is 0 Å². The molecule has 0 fully saturated rings. The molecule has 0 N–H and O–H groups in total. The average Bonchev–Trinajstić information content (AvgIpc) is 3.02. The van der Waals surface area contributed by atoms with Gasteiger partial charge in [0.1, 0.15) is 7.06 Å². The minimum Gasteiger partial charge on any atom is -0.107 e. The maximum Gasteiger partial charge on any atom is 0.104 e. The summed E-state index contributed by atoms with van der Waals surface area (Å²) >= 11 is 21.8. The van der Waals surface area contributed by atoms with E-state index in [2.05, 4.69) is 129 Å². The van der Waals surface area contributed by atoms with Gasteiger partial charge in [0.25, 0.3) is 0 Å². The number of thioether (sulfide) groups is 4.